The van der Waals surface area contributed by atoms with E-state index in [9.17, 15) is 4.79 Å². The predicted octanol–water partition coefficient (Wildman–Crippen LogP) is 1.53. The zero-order valence-electron chi connectivity index (χ0n) is 10.4. The summed E-state index contributed by atoms with van der Waals surface area (Å²) in [6, 6.07) is 6.07. The van der Waals surface area contributed by atoms with Gasteiger partial charge in [0.15, 0.2) is 0 Å². The first-order valence-electron chi connectivity index (χ1n) is 5.56. The van der Waals surface area contributed by atoms with Crippen LogP contribution in [0, 0.1) is 13.8 Å². The van der Waals surface area contributed by atoms with Gasteiger partial charge in [-0.2, -0.15) is 0 Å². The molecule has 1 aromatic rings. The Kier molecular flexibility index (Phi) is 4.50. The highest BCUT2D eigenvalue weighted by Crippen LogP contribution is 2.12. The van der Waals surface area contributed by atoms with Crippen molar-refractivity contribution < 1.29 is 4.79 Å². The summed E-state index contributed by atoms with van der Waals surface area (Å²) < 4.78 is 0. The van der Waals surface area contributed by atoms with E-state index in [1.54, 1.807) is 7.05 Å². The number of nitrogens with one attached hydrogen (secondary N) is 2. The first-order chi connectivity index (χ1) is 7.56. The van der Waals surface area contributed by atoms with Gasteiger partial charge >= 0.3 is 0 Å². The monoisotopic (exact) mass is 220 g/mol. The van der Waals surface area contributed by atoms with E-state index in [0.717, 1.165) is 6.54 Å². The molecule has 0 fully saturated rings. The molecule has 0 aromatic heterocycles. The van der Waals surface area contributed by atoms with E-state index >= 15 is 0 Å². The van der Waals surface area contributed by atoms with Crippen LogP contribution in [-0.2, 0) is 11.3 Å². The van der Waals surface area contributed by atoms with Crippen molar-refractivity contribution in [3.05, 3.63) is 34.9 Å². The quantitative estimate of drug-likeness (QED) is 0.808. The Morgan fingerprint density at radius 2 is 2.06 bits per heavy atom. The van der Waals surface area contributed by atoms with Gasteiger partial charge in [0.2, 0.25) is 5.91 Å². The number of hydrogen-bond acceptors (Lipinski definition) is 2. The summed E-state index contributed by atoms with van der Waals surface area (Å²) in [6.45, 7) is 6.80. The second kappa shape index (κ2) is 5.66. The molecule has 0 spiro atoms. The maximum Gasteiger partial charge on any atom is 0.236 e. The molecule has 0 saturated heterocycles. The molecular weight excluding hydrogens is 200 g/mol. The van der Waals surface area contributed by atoms with Gasteiger partial charge in [0.05, 0.1) is 6.04 Å². The highest BCUT2D eigenvalue weighted by atomic mass is 16.2. The summed E-state index contributed by atoms with van der Waals surface area (Å²) in [7, 11) is 1.65. The van der Waals surface area contributed by atoms with Crippen LogP contribution in [0.25, 0.3) is 0 Å². The van der Waals surface area contributed by atoms with Crippen LogP contribution in [0.4, 0.5) is 0 Å². The van der Waals surface area contributed by atoms with E-state index in [1.165, 1.54) is 16.7 Å². The minimum Gasteiger partial charge on any atom is -0.358 e. The fraction of sp³-hybridized carbons (Fsp3) is 0.462. The van der Waals surface area contributed by atoms with Gasteiger partial charge < -0.3 is 10.6 Å². The Labute approximate surface area is 97.2 Å². The normalized spacial score (nSPS) is 12.2. The average molecular weight is 220 g/mol. The molecule has 3 heteroatoms. The molecule has 0 aliphatic rings. The summed E-state index contributed by atoms with van der Waals surface area (Å²) in [4.78, 5) is 11.3. The van der Waals surface area contributed by atoms with Crippen molar-refractivity contribution >= 4 is 5.91 Å². The van der Waals surface area contributed by atoms with Crippen molar-refractivity contribution in [2.24, 2.45) is 0 Å². The molecule has 1 amide bonds. The fourth-order valence-electron chi connectivity index (χ4n) is 1.58. The van der Waals surface area contributed by atoms with Crippen LogP contribution >= 0.6 is 0 Å². The van der Waals surface area contributed by atoms with Gasteiger partial charge in [0.25, 0.3) is 0 Å². The molecule has 1 aromatic carbocycles. The molecule has 0 aliphatic heterocycles. The van der Waals surface area contributed by atoms with Crippen molar-refractivity contribution in [2.75, 3.05) is 7.05 Å². The van der Waals surface area contributed by atoms with Crippen molar-refractivity contribution in [3.63, 3.8) is 0 Å². The smallest absolute Gasteiger partial charge is 0.236 e. The highest BCUT2D eigenvalue weighted by molar-refractivity contribution is 5.80. The van der Waals surface area contributed by atoms with Crippen molar-refractivity contribution in [1.82, 2.24) is 10.6 Å². The van der Waals surface area contributed by atoms with Gasteiger partial charge in [-0.15, -0.1) is 0 Å². The van der Waals surface area contributed by atoms with Gasteiger partial charge in [-0.05, 0) is 37.5 Å². The van der Waals surface area contributed by atoms with Crippen molar-refractivity contribution in [3.8, 4) is 0 Å². The van der Waals surface area contributed by atoms with Crippen LogP contribution in [0.1, 0.15) is 23.6 Å². The van der Waals surface area contributed by atoms with E-state index in [2.05, 4.69) is 36.6 Å². The molecular formula is C13H20N2O. The number of aryl methyl sites for hydroxylation is 1. The maximum atomic E-state index is 11.3. The van der Waals surface area contributed by atoms with Crippen LogP contribution in [0.15, 0.2) is 18.2 Å². The lowest BCUT2D eigenvalue weighted by Gasteiger charge is -2.14. The average Bonchev–Trinajstić information content (AvgIpc) is 2.29. The predicted molar refractivity (Wildman–Crippen MR) is 66.3 cm³/mol. The van der Waals surface area contributed by atoms with E-state index in [4.69, 9.17) is 0 Å². The van der Waals surface area contributed by atoms with E-state index in [1.807, 2.05) is 13.0 Å². The number of rotatable bonds is 4. The van der Waals surface area contributed by atoms with Crippen LogP contribution < -0.4 is 10.6 Å². The third-order valence-electron chi connectivity index (χ3n) is 2.96. The van der Waals surface area contributed by atoms with Gasteiger partial charge in [-0.25, -0.2) is 0 Å². The summed E-state index contributed by atoms with van der Waals surface area (Å²) in [5, 5.41) is 5.83. The van der Waals surface area contributed by atoms with Gasteiger partial charge in [-0.1, -0.05) is 18.2 Å². The van der Waals surface area contributed by atoms with Crippen molar-refractivity contribution in [1.29, 1.82) is 0 Å². The summed E-state index contributed by atoms with van der Waals surface area (Å²) in [6.07, 6.45) is 0. The lowest BCUT2D eigenvalue weighted by atomic mass is 10.0. The number of carbonyl (C=O) groups is 1. The fourth-order valence-corrected chi connectivity index (χ4v) is 1.58. The number of hydrogen-bond donors (Lipinski definition) is 2. The van der Waals surface area contributed by atoms with E-state index in [0.29, 0.717) is 0 Å². The molecule has 3 nitrogen and oxygen atoms in total. The SMILES string of the molecule is CNC(=O)C(C)NCc1cccc(C)c1C. The van der Waals surface area contributed by atoms with Gasteiger partial charge in [0, 0.05) is 13.6 Å². The van der Waals surface area contributed by atoms with Crippen molar-refractivity contribution in [2.45, 2.75) is 33.4 Å². The zero-order valence-corrected chi connectivity index (χ0v) is 10.4. The van der Waals surface area contributed by atoms with Crippen LogP contribution in [0.5, 0.6) is 0 Å². The van der Waals surface area contributed by atoms with Gasteiger partial charge in [-0.3, -0.25) is 4.79 Å². The second-order valence-electron chi connectivity index (χ2n) is 4.08. The van der Waals surface area contributed by atoms with Crippen LogP contribution in [0.2, 0.25) is 0 Å². The third-order valence-corrected chi connectivity index (χ3v) is 2.96. The van der Waals surface area contributed by atoms with E-state index in [-0.39, 0.29) is 11.9 Å². The minimum atomic E-state index is -0.162. The Bertz CT molecular complexity index is 374. The number of likely N-dealkylation sites (N-methyl/N-ethyl adjacent to an activating group) is 1. The summed E-state index contributed by atoms with van der Waals surface area (Å²) in [5.74, 6) is 0.0188. The molecule has 16 heavy (non-hydrogen) atoms. The Morgan fingerprint density at radius 1 is 1.38 bits per heavy atom. The Hall–Kier alpha value is -1.35. The lowest BCUT2D eigenvalue weighted by Crippen LogP contribution is -2.40. The zero-order chi connectivity index (χ0) is 12.1. The molecule has 0 saturated carbocycles. The largest absolute Gasteiger partial charge is 0.358 e. The summed E-state index contributed by atoms with van der Waals surface area (Å²) >= 11 is 0. The van der Waals surface area contributed by atoms with Crippen LogP contribution in [0.3, 0.4) is 0 Å². The number of benzene rings is 1. The standard InChI is InChI=1S/C13H20N2O/c1-9-6-5-7-12(10(9)2)8-15-11(3)13(16)14-4/h5-7,11,15H,8H2,1-4H3,(H,14,16). The molecule has 0 heterocycles. The minimum absolute atomic E-state index is 0.0188. The molecule has 0 bridgehead atoms. The van der Waals surface area contributed by atoms with Gasteiger partial charge in [0.1, 0.15) is 0 Å². The maximum absolute atomic E-state index is 11.3. The Balaban J connectivity index is 2.61. The first kappa shape index (κ1) is 12.7. The molecule has 2 N–H and O–H groups in total. The molecule has 1 rings (SSSR count). The molecule has 0 aliphatic carbocycles. The third kappa shape index (κ3) is 3.07. The summed E-state index contributed by atoms with van der Waals surface area (Å²) in [5.41, 5.74) is 3.82. The first-order valence-corrected chi connectivity index (χ1v) is 5.56. The highest BCUT2D eigenvalue weighted by Gasteiger charge is 2.10. The lowest BCUT2D eigenvalue weighted by molar-refractivity contribution is -0.122. The number of carbonyl (C=O) groups excluding carboxylic acids is 1. The topological polar surface area (TPSA) is 41.1 Å². The number of amides is 1. The van der Waals surface area contributed by atoms with Crippen LogP contribution in [-0.4, -0.2) is 19.0 Å². The molecule has 1 atom stereocenters. The Morgan fingerprint density at radius 3 is 2.69 bits per heavy atom. The molecule has 1 unspecified atom stereocenters. The molecule has 88 valence electrons. The molecule has 0 radical (unpaired) electrons. The van der Waals surface area contributed by atoms with E-state index < -0.39 is 0 Å². The second-order valence-corrected chi connectivity index (χ2v) is 4.08.